The average Bonchev–Trinajstić information content (AvgIpc) is 3.27. The van der Waals surface area contributed by atoms with Gasteiger partial charge in [-0.2, -0.15) is 0 Å². The molecule has 1 unspecified atom stereocenters. The number of ether oxygens (including phenoxy) is 3. The Bertz CT molecular complexity index is 1160. The van der Waals surface area contributed by atoms with Gasteiger partial charge in [0.15, 0.2) is 6.10 Å². The lowest BCUT2D eigenvalue weighted by atomic mass is 10.1. The summed E-state index contributed by atoms with van der Waals surface area (Å²) < 4.78 is 17.4. The van der Waals surface area contributed by atoms with Gasteiger partial charge >= 0.3 is 11.9 Å². The number of carbonyl (C=O) groups is 2. The number of esters is 2. The third-order valence-corrected chi connectivity index (χ3v) is 10.9. The van der Waals surface area contributed by atoms with E-state index in [0.717, 1.165) is 96.3 Å². The molecule has 1 atom stereocenters. The summed E-state index contributed by atoms with van der Waals surface area (Å²) in [5, 5.41) is 0. The lowest BCUT2D eigenvalue weighted by molar-refractivity contribution is -0.163. The molecule has 0 spiro atoms. The van der Waals surface area contributed by atoms with Gasteiger partial charge in [0.05, 0.1) is 6.61 Å². The van der Waals surface area contributed by atoms with Crippen LogP contribution in [-0.4, -0.2) is 37.9 Å². The standard InChI is InChI=1S/C57H98O5/c1-4-7-10-13-16-19-22-24-26-28-29-30-31-33-36-38-41-44-47-50-56(58)61-54-55(62-57(59)51-48-45-42-39-35-21-18-15-12-9-6-3)53-60-52-49-46-43-40-37-34-32-27-25-23-20-17-14-11-8-5-2/h7,10,15-16,18-19,24-27,29-30,33,36,55H,4-6,8-9,11-14,17,20-23,28,31-32,34-35,37-54H2,1-3H3/b10-7-,18-15-,19-16-,26-24-,27-25-,30-29-,36-33-. The van der Waals surface area contributed by atoms with E-state index in [-0.39, 0.29) is 25.2 Å². The first kappa shape index (κ1) is 59.1. The summed E-state index contributed by atoms with van der Waals surface area (Å²) in [6.45, 7) is 7.62. The first-order valence-corrected chi connectivity index (χ1v) is 26.1. The third kappa shape index (κ3) is 49.7. The molecular weight excluding hydrogens is 765 g/mol. The van der Waals surface area contributed by atoms with Gasteiger partial charge in [-0.05, 0) is 109 Å². The minimum atomic E-state index is -0.560. The molecule has 0 aliphatic carbocycles. The fourth-order valence-electron chi connectivity index (χ4n) is 6.98. The number of unbranched alkanes of at least 4 members (excludes halogenated alkanes) is 22. The van der Waals surface area contributed by atoms with Crippen molar-refractivity contribution in [3.63, 3.8) is 0 Å². The van der Waals surface area contributed by atoms with E-state index in [1.807, 2.05) is 0 Å². The van der Waals surface area contributed by atoms with Gasteiger partial charge in [0.2, 0.25) is 0 Å². The van der Waals surface area contributed by atoms with Gasteiger partial charge in [0, 0.05) is 19.4 Å². The Morgan fingerprint density at radius 1 is 0.371 bits per heavy atom. The second-order valence-corrected chi connectivity index (χ2v) is 17.0. The molecule has 0 rings (SSSR count). The van der Waals surface area contributed by atoms with Crippen molar-refractivity contribution < 1.29 is 23.8 Å². The first-order chi connectivity index (χ1) is 30.6. The Morgan fingerprint density at radius 2 is 0.742 bits per heavy atom. The van der Waals surface area contributed by atoms with Crippen LogP contribution in [0.4, 0.5) is 0 Å². The van der Waals surface area contributed by atoms with Crippen LogP contribution in [0.1, 0.15) is 239 Å². The zero-order valence-corrected chi connectivity index (χ0v) is 40.9. The Labute approximate surface area is 384 Å². The first-order valence-electron chi connectivity index (χ1n) is 26.1. The number of rotatable bonds is 47. The van der Waals surface area contributed by atoms with Crippen molar-refractivity contribution in [2.45, 2.75) is 245 Å². The predicted octanol–water partition coefficient (Wildman–Crippen LogP) is 17.7. The highest BCUT2D eigenvalue weighted by molar-refractivity contribution is 5.70. The molecule has 0 N–H and O–H groups in total. The van der Waals surface area contributed by atoms with E-state index in [1.54, 1.807) is 0 Å². The van der Waals surface area contributed by atoms with Crippen LogP contribution in [0.3, 0.4) is 0 Å². The topological polar surface area (TPSA) is 61.8 Å². The number of hydrogen-bond acceptors (Lipinski definition) is 5. The molecule has 5 heteroatoms. The summed E-state index contributed by atoms with van der Waals surface area (Å²) in [6, 6.07) is 0. The smallest absolute Gasteiger partial charge is 0.306 e. The van der Waals surface area contributed by atoms with E-state index in [2.05, 4.69) is 106 Å². The maximum Gasteiger partial charge on any atom is 0.306 e. The Kier molecular flexibility index (Phi) is 50.0. The molecule has 0 saturated heterocycles. The van der Waals surface area contributed by atoms with Crippen molar-refractivity contribution in [3.8, 4) is 0 Å². The molecule has 0 radical (unpaired) electrons. The zero-order valence-electron chi connectivity index (χ0n) is 40.9. The molecule has 0 aromatic carbocycles. The van der Waals surface area contributed by atoms with E-state index in [1.165, 1.54) is 109 Å². The lowest BCUT2D eigenvalue weighted by Gasteiger charge is -2.18. The van der Waals surface area contributed by atoms with E-state index in [9.17, 15) is 9.59 Å². The normalized spacial score (nSPS) is 12.9. The molecule has 0 heterocycles. The lowest BCUT2D eigenvalue weighted by Crippen LogP contribution is -2.30. The monoisotopic (exact) mass is 863 g/mol. The Balaban J connectivity index is 4.32. The van der Waals surface area contributed by atoms with Gasteiger partial charge in [0.25, 0.3) is 0 Å². The summed E-state index contributed by atoms with van der Waals surface area (Å²) >= 11 is 0. The minimum absolute atomic E-state index is 0.0593. The van der Waals surface area contributed by atoms with Crippen molar-refractivity contribution in [3.05, 3.63) is 85.1 Å². The zero-order chi connectivity index (χ0) is 44.9. The fraction of sp³-hybridized carbons (Fsp3) is 0.719. The molecule has 0 saturated carbocycles. The second kappa shape index (κ2) is 52.4. The van der Waals surface area contributed by atoms with Crippen LogP contribution in [0.15, 0.2) is 85.1 Å². The van der Waals surface area contributed by atoms with Crippen molar-refractivity contribution in [2.75, 3.05) is 19.8 Å². The van der Waals surface area contributed by atoms with Crippen LogP contribution < -0.4 is 0 Å². The van der Waals surface area contributed by atoms with Crippen LogP contribution in [0, 0.1) is 0 Å². The van der Waals surface area contributed by atoms with Crippen LogP contribution in [-0.2, 0) is 23.8 Å². The van der Waals surface area contributed by atoms with Gasteiger partial charge in [-0.15, -0.1) is 0 Å². The SMILES string of the molecule is CC/C=C\C/C=C\C/C=C\C/C=C\C/C=C\CCCCCC(=O)OCC(COCCCCCCCC/C=C\CCCCCCCC)OC(=O)CCCCCCC/C=C\CCCC. The molecule has 356 valence electrons. The molecule has 0 aromatic heterocycles. The maximum atomic E-state index is 12.8. The van der Waals surface area contributed by atoms with Crippen molar-refractivity contribution in [2.24, 2.45) is 0 Å². The average molecular weight is 863 g/mol. The van der Waals surface area contributed by atoms with E-state index < -0.39 is 6.10 Å². The summed E-state index contributed by atoms with van der Waals surface area (Å²) in [6.07, 6.45) is 68.8. The largest absolute Gasteiger partial charge is 0.462 e. The summed E-state index contributed by atoms with van der Waals surface area (Å²) in [4.78, 5) is 25.4. The quantitative estimate of drug-likeness (QED) is 0.0346. The van der Waals surface area contributed by atoms with Crippen molar-refractivity contribution >= 4 is 11.9 Å². The maximum absolute atomic E-state index is 12.8. The molecule has 0 aromatic rings. The molecule has 0 bridgehead atoms. The fourth-order valence-corrected chi connectivity index (χ4v) is 6.98. The van der Waals surface area contributed by atoms with Crippen molar-refractivity contribution in [1.82, 2.24) is 0 Å². The van der Waals surface area contributed by atoms with E-state index in [4.69, 9.17) is 14.2 Å². The number of hydrogen-bond donors (Lipinski definition) is 0. The second-order valence-electron chi connectivity index (χ2n) is 17.0. The summed E-state index contributed by atoms with van der Waals surface area (Å²) in [7, 11) is 0. The predicted molar refractivity (Wildman–Crippen MR) is 270 cm³/mol. The van der Waals surface area contributed by atoms with Gasteiger partial charge in [0.1, 0.15) is 6.61 Å². The third-order valence-electron chi connectivity index (χ3n) is 10.9. The highest BCUT2D eigenvalue weighted by atomic mass is 16.6. The van der Waals surface area contributed by atoms with Gasteiger partial charge in [-0.3, -0.25) is 9.59 Å². The molecule has 5 nitrogen and oxygen atoms in total. The number of carbonyl (C=O) groups excluding carboxylic acids is 2. The highest BCUT2D eigenvalue weighted by Crippen LogP contribution is 2.13. The van der Waals surface area contributed by atoms with Crippen LogP contribution in [0.5, 0.6) is 0 Å². The summed E-state index contributed by atoms with van der Waals surface area (Å²) in [5.74, 6) is -0.449. The van der Waals surface area contributed by atoms with Crippen LogP contribution in [0.25, 0.3) is 0 Å². The van der Waals surface area contributed by atoms with Crippen molar-refractivity contribution in [1.29, 1.82) is 0 Å². The Morgan fingerprint density at radius 3 is 1.24 bits per heavy atom. The van der Waals surface area contributed by atoms with Crippen LogP contribution >= 0.6 is 0 Å². The van der Waals surface area contributed by atoms with Gasteiger partial charge < -0.3 is 14.2 Å². The van der Waals surface area contributed by atoms with Crippen LogP contribution in [0.2, 0.25) is 0 Å². The van der Waals surface area contributed by atoms with E-state index >= 15 is 0 Å². The molecule has 0 aliphatic rings. The number of allylic oxidation sites excluding steroid dienone is 14. The summed E-state index contributed by atoms with van der Waals surface area (Å²) in [5.41, 5.74) is 0. The minimum Gasteiger partial charge on any atom is -0.462 e. The highest BCUT2D eigenvalue weighted by Gasteiger charge is 2.17. The van der Waals surface area contributed by atoms with Gasteiger partial charge in [-0.1, -0.05) is 202 Å². The molecular formula is C57H98O5. The molecule has 0 amide bonds. The van der Waals surface area contributed by atoms with Gasteiger partial charge in [-0.25, -0.2) is 0 Å². The molecule has 62 heavy (non-hydrogen) atoms. The Hall–Kier alpha value is -2.92. The molecule has 0 fully saturated rings. The molecule has 0 aliphatic heterocycles. The van der Waals surface area contributed by atoms with E-state index in [0.29, 0.717) is 19.4 Å².